The molecule has 0 N–H and O–H groups in total. The van der Waals surface area contributed by atoms with Crippen LogP contribution in [0.2, 0.25) is 0 Å². The molecule has 0 aliphatic heterocycles. The predicted octanol–water partition coefficient (Wildman–Crippen LogP) is 13.9. The Morgan fingerprint density at radius 3 is 1.90 bits per heavy atom. The third-order valence-electron chi connectivity index (χ3n) is 9.65. The number of rotatable bonds is 5. The molecule has 10 aromatic rings. The summed E-state index contributed by atoms with van der Waals surface area (Å²) in [4.78, 5) is 2.44. The SMILES string of the molecule is c1ccc(-c2ccc(N(c3cccc4c3sc3ccccc34)c3cccc4oc5c(-c6ccccc6)cc6ccccc6c5c34)cc2)cc1. The molecule has 0 amide bonds. The van der Waals surface area contributed by atoms with E-state index in [1.165, 1.54) is 42.1 Å². The van der Waals surface area contributed by atoms with Crippen LogP contribution < -0.4 is 4.90 Å². The first-order valence-corrected chi connectivity index (χ1v) is 17.4. The number of hydrogen-bond donors (Lipinski definition) is 0. The Bertz CT molecular complexity index is 2810. The first-order chi connectivity index (χ1) is 24.3. The van der Waals surface area contributed by atoms with E-state index in [4.69, 9.17) is 4.42 Å². The summed E-state index contributed by atoms with van der Waals surface area (Å²) in [5.41, 5.74) is 9.74. The van der Waals surface area contributed by atoms with Crippen molar-refractivity contribution in [2.24, 2.45) is 0 Å². The topological polar surface area (TPSA) is 16.4 Å². The Morgan fingerprint density at radius 2 is 1.08 bits per heavy atom. The van der Waals surface area contributed by atoms with Crippen LogP contribution in [0.25, 0.3) is 75.1 Å². The zero-order valence-electron chi connectivity index (χ0n) is 26.5. The summed E-state index contributed by atoms with van der Waals surface area (Å²) >= 11 is 1.85. The second-order valence-corrected chi connectivity index (χ2v) is 13.5. The molecule has 0 saturated heterocycles. The molecule has 230 valence electrons. The number of hydrogen-bond acceptors (Lipinski definition) is 3. The van der Waals surface area contributed by atoms with Gasteiger partial charge in [-0.1, -0.05) is 133 Å². The number of nitrogens with zero attached hydrogens (tertiary/aromatic N) is 1. The van der Waals surface area contributed by atoms with E-state index in [0.717, 1.165) is 50.1 Å². The highest BCUT2D eigenvalue weighted by Crippen LogP contribution is 2.50. The third-order valence-corrected chi connectivity index (χ3v) is 10.9. The van der Waals surface area contributed by atoms with E-state index in [9.17, 15) is 0 Å². The maximum absolute atomic E-state index is 6.90. The second kappa shape index (κ2) is 11.2. The Labute approximate surface area is 287 Å². The minimum atomic E-state index is 0.871. The van der Waals surface area contributed by atoms with Crippen molar-refractivity contribution in [3.8, 4) is 22.3 Å². The van der Waals surface area contributed by atoms with Crippen LogP contribution in [0.4, 0.5) is 17.1 Å². The molecular formula is C46H29NOS. The Balaban J connectivity index is 1.30. The van der Waals surface area contributed by atoms with E-state index in [1.54, 1.807) is 0 Å². The van der Waals surface area contributed by atoms with Crippen molar-refractivity contribution < 1.29 is 4.42 Å². The van der Waals surface area contributed by atoms with Crippen molar-refractivity contribution in [3.63, 3.8) is 0 Å². The van der Waals surface area contributed by atoms with Crippen LogP contribution in [0.5, 0.6) is 0 Å². The standard InChI is InChI=1S/C46H29NOS/c1-3-13-30(14-4-1)31-25-27-34(28-26-31)47(40-22-11-20-37-36-19-9-10-24-42(36)49-46(37)40)39-21-12-23-41-44(39)43-35-18-8-7-17-33(35)29-38(45(43)48-41)32-15-5-2-6-16-32/h1-29H. The summed E-state index contributed by atoms with van der Waals surface area (Å²) < 4.78 is 9.44. The van der Waals surface area contributed by atoms with Crippen molar-refractivity contribution >= 4 is 81.3 Å². The zero-order valence-corrected chi connectivity index (χ0v) is 27.3. The van der Waals surface area contributed by atoms with Gasteiger partial charge in [-0.15, -0.1) is 11.3 Å². The van der Waals surface area contributed by atoms with Crippen molar-refractivity contribution in [3.05, 3.63) is 176 Å². The van der Waals surface area contributed by atoms with E-state index in [-0.39, 0.29) is 0 Å². The summed E-state index contributed by atoms with van der Waals surface area (Å²) in [7, 11) is 0. The molecule has 49 heavy (non-hydrogen) atoms. The highest BCUT2D eigenvalue weighted by atomic mass is 32.1. The molecule has 2 nitrogen and oxygen atoms in total. The minimum Gasteiger partial charge on any atom is -0.455 e. The molecule has 0 fully saturated rings. The summed E-state index contributed by atoms with van der Waals surface area (Å²) in [6.45, 7) is 0. The first-order valence-electron chi connectivity index (χ1n) is 16.6. The molecule has 0 bridgehead atoms. The fourth-order valence-electron chi connectivity index (χ4n) is 7.42. The Kier molecular flexibility index (Phi) is 6.39. The van der Waals surface area contributed by atoms with E-state index >= 15 is 0 Å². The molecular weight excluding hydrogens is 615 g/mol. The lowest BCUT2D eigenvalue weighted by Gasteiger charge is -2.27. The number of fused-ring (bicyclic) bond motifs is 8. The maximum atomic E-state index is 6.90. The smallest absolute Gasteiger partial charge is 0.143 e. The number of benzene rings is 8. The molecule has 0 unspecified atom stereocenters. The molecule has 2 heterocycles. The minimum absolute atomic E-state index is 0.871. The van der Waals surface area contributed by atoms with Crippen LogP contribution in [0.1, 0.15) is 0 Å². The van der Waals surface area contributed by atoms with Gasteiger partial charge in [0.15, 0.2) is 0 Å². The lowest BCUT2D eigenvalue weighted by atomic mass is 9.95. The van der Waals surface area contributed by atoms with Crippen LogP contribution >= 0.6 is 11.3 Å². The largest absolute Gasteiger partial charge is 0.455 e. The normalized spacial score (nSPS) is 11.7. The lowest BCUT2D eigenvalue weighted by Crippen LogP contribution is -2.10. The van der Waals surface area contributed by atoms with E-state index in [0.29, 0.717) is 0 Å². The molecule has 0 saturated carbocycles. The first kappa shape index (κ1) is 27.9. The monoisotopic (exact) mass is 643 g/mol. The summed E-state index contributed by atoms with van der Waals surface area (Å²) in [6.07, 6.45) is 0. The lowest BCUT2D eigenvalue weighted by molar-refractivity contribution is 0.670. The second-order valence-electron chi connectivity index (χ2n) is 12.5. The molecule has 2 aromatic heterocycles. The number of anilines is 3. The third kappa shape index (κ3) is 4.47. The van der Waals surface area contributed by atoms with Gasteiger partial charge in [-0.05, 0) is 69.9 Å². The van der Waals surface area contributed by atoms with Gasteiger partial charge in [-0.25, -0.2) is 0 Å². The Morgan fingerprint density at radius 1 is 0.449 bits per heavy atom. The molecule has 3 heteroatoms. The van der Waals surface area contributed by atoms with Gasteiger partial charge in [0.05, 0.1) is 21.5 Å². The molecule has 0 atom stereocenters. The van der Waals surface area contributed by atoms with Gasteiger partial charge in [0.1, 0.15) is 11.2 Å². The van der Waals surface area contributed by atoms with E-state index < -0.39 is 0 Å². The average molecular weight is 644 g/mol. The average Bonchev–Trinajstić information content (AvgIpc) is 3.76. The van der Waals surface area contributed by atoms with Crippen molar-refractivity contribution in [2.45, 2.75) is 0 Å². The van der Waals surface area contributed by atoms with Crippen LogP contribution in [0.15, 0.2) is 180 Å². The summed E-state index contributed by atoms with van der Waals surface area (Å²) in [5, 5.41) is 7.17. The maximum Gasteiger partial charge on any atom is 0.143 e. The summed E-state index contributed by atoms with van der Waals surface area (Å²) in [6, 6.07) is 63.0. The predicted molar refractivity (Wildman–Crippen MR) is 210 cm³/mol. The molecule has 0 radical (unpaired) electrons. The molecule has 0 aliphatic rings. The zero-order chi connectivity index (χ0) is 32.3. The quantitative estimate of drug-likeness (QED) is 0.186. The summed E-state index contributed by atoms with van der Waals surface area (Å²) in [5.74, 6) is 0. The van der Waals surface area contributed by atoms with Crippen molar-refractivity contribution in [1.29, 1.82) is 0 Å². The van der Waals surface area contributed by atoms with Crippen molar-refractivity contribution in [2.75, 3.05) is 4.90 Å². The van der Waals surface area contributed by atoms with Gasteiger partial charge in [0.25, 0.3) is 0 Å². The van der Waals surface area contributed by atoms with Crippen LogP contribution in [-0.2, 0) is 0 Å². The fourth-order valence-corrected chi connectivity index (χ4v) is 8.62. The fraction of sp³-hybridized carbons (Fsp3) is 0. The molecule has 10 rings (SSSR count). The molecule has 8 aromatic carbocycles. The Hall–Kier alpha value is -6.16. The van der Waals surface area contributed by atoms with E-state index in [2.05, 4.69) is 181 Å². The highest BCUT2D eigenvalue weighted by molar-refractivity contribution is 7.26. The van der Waals surface area contributed by atoms with Crippen LogP contribution in [0.3, 0.4) is 0 Å². The van der Waals surface area contributed by atoms with Gasteiger partial charge in [0, 0.05) is 32.1 Å². The van der Waals surface area contributed by atoms with Crippen LogP contribution in [0, 0.1) is 0 Å². The molecule has 0 aliphatic carbocycles. The highest BCUT2D eigenvalue weighted by Gasteiger charge is 2.24. The van der Waals surface area contributed by atoms with Gasteiger partial charge >= 0.3 is 0 Å². The molecule has 0 spiro atoms. The van der Waals surface area contributed by atoms with Crippen molar-refractivity contribution in [1.82, 2.24) is 0 Å². The van der Waals surface area contributed by atoms with Crippen LogP contribution in [-0.4, -0.2) is 0 Å². The number of thiophene rings is 1. The van der Waals surface area contributed by atoms with E-state index in [1.807, 2.05) is 11.3 Å². The van der Waals surface area contributed by atoms with Gasteiger partial charge < -0.3 is 9.32 Å². The van der Waals surface area contributed by atoms with Gasteiger partial charge in [-0.3, -0.25) is 0 Å². The number of furan rings is 1. The van der Waals surface area contributed by atoms with Gasteiger partial charge in [0.2, 0.25) is 0 Å². The van der Waals surface area contributed by atoms with Gasteiger partial charge in [-0.2, -0.15) is 0 Å².